The predicted molar refractivity (Wildman–Crippen MR) is 59.5 cm³/mol. The van der Waals surface area contributed by atoms with Crippen molar-refractivity contribution in [2.45, 2.75) is 33.2 Å². The minimum atomic E-state index is -0.0573. The van der Waals surface area contributed by atoms with Gasteiger partial charge in [-0.25, -0.2) is 0 Å². The van der Waals surface area contributed by atoms with Gasteiger partial charge in [0.25, 0.3) is 5.91 Å². The van der Waals surface area contributed by atoms with E-state index < -0.39 is 0 Å². The molecular formula is C10H18N4O. The van der Waals surface area contributed by atoms with Crippen LogP contribution in [-0.2, 0) is 0 Å². The van der Waals surface area contributed by atoms with Crippen molar-refractivity contribution in [3.05, 3.63) is 11.8 Å². The maximum absolute atomic E-state index is 12.0. The number of nitrogens with one attached hydrogen (secondary N) is 1. The molecule has 0 aliphatic heterocycles. The first-order chi connectivity index (χ1) is 7.11. The number of hydrogen-bond acceptors (Lipinski definition) is 3. The van der Waals surface area contributed by atoms with Crippen LogP contribution in [0, 0.1) is 0 Å². The molecule has 5 heteroatoms. The second kappa shape index (κ2) is 4.82. The molecule has 84 valence electrons. The summed E-state index contributed by atoms with van der Waals surface area (Å²) >= 11 is 0. The Kier molecular flexibility index (Phi) is 3.71. The summed E-state index contributed by atoms with van der Waals surface area (Å²) in [4.78, 5) is 13.8. The molecule has 0 fully saturated rings. The number of aromatic nitrogens is 2. The van der Waals surface area contributed by atoms with Gasteiger partial charge in [-0.1, -0.05) is 6.92 Å². The monoisotopic (exact) mass is 210 g/mol. The number of amides is 1. The molecule has 5 nitrogen and oxygen atoms in total. The molecule has 1 rings (SSSR count). The van der Waals surface area contributed by atoms with Crippen LogP contribution >= 0.6 is 0 Å². The maximum Gasteiger partial charge on any atom is 0.259 e. The van der Waals surface area contributed by atoms with E-state index in [0.717, 1.165) is 6.42 Å². The number of aromatic amines is 1. The molecular weight excluding hydrogens is 192 g/mol. The number of hydrogen-bond donors (Lipinski definition) is 2. The highest BCUT2D eigenvalue weighted by atomic mass is 16.2. The van der Waals surface area contributed by atoms with Crippen LogP contribution in [0.5, 0.6) is 0 Å². The van der Waals surface area contributed by atoms with Crippen molar-refractivity contribution < 1.29 is 4.79 Å². The lowest BCUT2D eigenvalue weighted by Gasteiger charge is -2.26. The van der Waals surface area contributed by atoms with Crippen molar-refractivity contribution in [3.8, 4) is 0 Å². The Morgan fingerprint density at radius 3 is 2.73 bits per heavy atom. The van der Waals surface area contributed by atoms with E-state index in [1.165, 1.54) is 6.20 Å². The van der Waals surface area contributed by atoms with Gasteiger partial charge in [0.05, 0.1) is 6.20 Å². The maximum atomic E-state index is 12.0. The summed E-state index contributed by atoms with van der Waals surface area (Å²) in [5.41, 5.74) is 6.07. The lowest BCUT2D eigenvalue weighted by atomic mass is 10.2. The molecule has 0 radical (unpaired) electrons. The van der Waals surface area contributed by atoms with E-state index in [0.29, 0.717) is 17.9 Å². The van der Waals surface area contributed by atoms with Crippen molar-refractivity contribution in [2.24, 2.45) is 0 Å². The first-order valence-corrected chi connectivity index (χ1v) is 5.21. The summed E-state index contributed by atoms with van der Waals surface area (Å²) in [6.07, 6.45) is 2.40. The van der Waals surface area contributed by atoms with Crippen LogP contribution in [0.2, 0.25) is 0 Å². The molecule has 0 aromatic carbocycles. The van der Waals surface area contributed by atoms with Gasteiger partial charge in [0, 0.05) is 12.6 Å². The fourth-order valence-electron chi connectivity index (χ4n) is 1.50. The van der Waals surface area contributed by atoms with Gasteiger partial charge in [-0.05, 0) is 20.3 Å². The Hall–Kier alpha value is -1.52. The van der Waals surface area contributed by atoms with E-state index in [2.05, 4.69) is 17.1 Å². The molecule has 1 aromatic heterocycles. The van der Waals surface area contributed by atoms with E-state index in [-0.39, 0.29) is 11.9 Å². The number of nitrogens with zero attached hydrogens (tertiary/aromatic N) is 2. The third kappa shape index (κ3) is 2.29. The largest absolute Gasteiger partial charge is 0.383 e. The summed E-state index contributed by atoms with van der Waals surface area (Å²) in [7, 11) is 0. The molecule has 0 bridgehead atoms. The lowest BCUT2D eigenvalue weighted by molar-refractivity contribution is 0.0701. The summed E-state index contributed by atoms with van der Waals surface area (Å²) in [5.74, 6) is 0.278. The molecule has 1 aromatic rings. The summed E-state index contributed by atoms with van der Waals surface area (Å²) in [5, 5.41) is 6.31. The molecule has 1 heterocycles. The van der Waals surface area contributed by atoms with Gasteiger partial charge < -0.3 is 10.6 Å². The number of anilines is 1. The van der Waals surface area contributed by atoms with Crippen molar-refractivity contribution >= 4 is 11.7 Å². The quantitative estimate of drug-likeness (QED) is 0.785. The van der Waals surface area contributed by atoms with Crippen molar-refractivity contribution in [1.29, 1.82) is 0 Å². The zero-order chi connectivity index (χ0) is 11.4. The van der Waals surface area contributed by atoms with Crippen LogP contribution in [0.1, 0.15) is 37.6 Å². The number of H-pyrrole nitrogens is 1. The van der Waals surface area contributed by atoms with Gasteiger partial charge in [-0.15, -0.1) is 0 Å². The summed E-state index contributed by atoms with van der Waals surface area (Å²) in [6.45, 7) is 6.72. The molecule has 1 atom stereocenters. The number of nitrogen functional groups attached to an aromatic ring is 1. The Labute approximate surface area is 89.6 Å². The van der Waals surface area contributed by atoms with E-state index >= 15 is 0 Å². The van der Waals surface area contributed by atoms with Gasteiger partial charge in [-0.3, -0.25) is 9.89 Å². The van der Waals surface area contributed by atoms with Crippen LogP contribution in [-0.4, -0.2) is 33.6 Å². The van der Waals surface area contributed by atoms with Crippen molar-refractivity contribution in [2.75, 3.05) is 12.3 Å². The van der Waals surface area contributed by atoms with Gasteiger partial charge in [0.15, 0.2) is 0 Å². The summed E-state index contributed by atoms with van der Waals surface area (Å²) < 4.78 is 0. The normalized spacial score (nSPS) is 12.5. The minimum absolute atomic E-state index is 0.0573. The highest BCUT2D eigenvalue weighted by Gasteiger charge is 2.21. The number of nitrogens with two attached hydrogens (primary N) is 1. The highest BCUT2D eigenvalue weighted by molar-refractivity contribution is 5.98. The predicted octanol–water partition coefficient (Wildman–Crippen LogP) is 1.25. The van der Waals surface area contributed by atoms with Gasteiger partial charge >= 0.3 is 0 Å². The zero-order valence-corrected chi connectivity index (χ0v) is 9.45. The highest BCUT2D eigenvalue weighted by Crippen LogP contribution is 2.13. The SMILES string of the molecule is CCC(C)N(CC)C(=O)c1cn[nH]c1N. The zero-order valence-electron chi connectivity index (χ0n) is 9.45. The second-order valence-electron chi connectivity index (χ2n) is 3.55. The molecule has 1 amide bonds. The first-order valence-electron chi connectivity index (χ1n) is 5.21. The van der Waals surface area contributed by atoms with Gasteiger partial charge in [0.1, 0.15) is 11.4 Å². The Morgan fingerprint density at radius 1 is 1.67 bits per heavy atom. The second-order valence-corrected chi connectivity index (χ2v) is 3.55. The smallest absolute Gasteiger partial charge is 0.259 e. The molecule has 3 N–H and O–H groups in total. The third-order valence-electron chi connectivity index (χ3n) is 2.62. The van der Waals surface area contributed by atoms with Crippen LogP contribution in [0.4, 0.5) is 5.82 Å². The number of carbonyl (C=O) groups is 1. The van der Waals surface area contributed by atoms with Crippen LogP contribution < -0.4 is 5.73 Å². The molecule has 0 spiro atoms. The summed E-state index contributed by atoms with van der Waals surface area (Å²) in [6, 6.07) is 0.219. The Balaban J connectivity index is 2.87. The van der Waals surface area contributed by atoms with Gasteiger partial charge in [-0.2, -0.15) is 5.10 Å². The Bertz CT molecular complexity index is 334. The molecule has 0 aliphatic rings. The first kappa shape index (κ1) is 11.6. The lowest BCUT2D eigenvalue weighted by Crippen LogP contribution is -2.38. The van der Waals surface area contributed by atoms with E-state index in [4.69, 9.17) is 5.73 Å². The molecule has 0 saturated carbocycles. The molecule has 0 saturated heterocycles. The molecule has 15 heavy (non-hydrogen) atoms. The fourth-order valence-corrected chi connectivity index (χ4v) is 1.50. The molecule has 1 unspecified atom stereocenters. The standard InChI is InChI=1S/C10H18N4O/c1-4-7(3)14(5-2)10(15)8-6-12-13-9(8)11/h6-7H,4-5H2,1-3H3,(H3,11,12,13). The topological polar surface area (TPSA) is 75.0 Å². The van der Waals surface area contributed by atoms with E-state index in [9.17, 15) is 4.79 Å². The van der Waals surface area contributed by atoms with Crippen molar-refractivity contribution in [1.82, 2.24) is 15.1 Å². The Morgan fingerprint density at radius 2 is 2.33 bits per heavy atom. The number of rotatable bonds is 4. The molecule has 0 aliphatic carbocycles. The minimum Gasteiger partial charge on any atom is -0.383 e. The van der Waals surface area contributed by atoms with Crippen LogP contribution in [0.25, 0.3) is 0 Å². The van der Waals surface area contributed by atoms with E-state index in [1.54, 1.807) is 4.90 Å². The van der Waals surface area contributed by atoms with Crippen LogP contribution in [0.15, 0.2) is 6.20 Å². The van der Waals surface area contributed by atoms with Gasteiger partial charge in [0.2, 0.25) is 0 Å². The third-order valence-corrected chi connectivity index (χ3v) is 2.62. The van der Waals surface area contributed by atoms with Crippen molar-refractivity contribution in [3.63, 3.8) is 0 Å². The average Bonchev–Trinajstić information content (AvgIpc) is 2.65. The number of carbonyl (C=O) groups excluding carboxylic acids is 1. The van der Waals surface area contributed by atoms with E-state index in [1.807, 2.05) is 13.8 Å². The fraction of sp³-hybridized carbons (Fsp3) is 0.600. The average molecular weight is 210 g/mol. The van der Waals surface area contributed by atoms with Crippen LogP contribution in [0.3, 0.4) is 0 Å².